The van der Waals surface area contributed by atoms with Crippen molar-refractivity contribution in [2.24, 2.45) is 0 Å². The highest BCUT2D eigenvalue weighted by Gasteiger charge is 2.23. The van der Waals surface area contributed by atoms with Crippen molar-refractivity contribution in [3.05, 3.63) is 29.8 Å². The molecule has 142 valence electrons. The fourth-order valence-corrected chi connectivity index (χ4v) is 4.35. The van der Waals surface area contributed by atoms with Crippen LogP contribution in [0.4, 0.5) is 0 Å². The van der Waals surface area contributed by atoms with Crippen LogP contribution in [0.3, 0.4) is 0 Å². The maximum absolute atomic E-state index is 11.5. The minimum absolute atomic E-state index is 0.0880. The highest BCUT2D eigenvalue weighted by Crippen LogP contribution is 2.41. The van der Waals surface area contributed by atoms with Crippen LogP contribution in [0.1, 0.15) is 83.5 Å². The van der Waals surface area contributed by atoms with E-state index in [1.54, 1.807) is 6.07 Å². The summed E-state index contributed by atoms with van der Waals surface area (Å²) >= 11 is 1.82. The van der Waals surface area contributed by atoms with E-state index in [1.807, 2.05) is 30.0 Å². The second-order valence-electron chi connectivity index (χ2n) is 6.90. The first-order chi connectivity index (χ1) is 11.9. The van der Waals surface area contributed by atoms with Crippen LogP contribution in [0.15, 0.2) is 24.3 Å². The molecule has 0 spiro atoms. The van der Waals surface area contributed by atoms with Crippen LogP contribution in [-0.4, -0.2) is 22.4 Å². The van der Waals surface area contributed by atoms with Gasteiger partial charge in [-0.3, -0.25) is 4.79 Å². The normalized spacial score (nSPS) is 13.6. The third kappa shape index (κ3) is 9.20. The summed E-state index contributed by atoms with van der Waals surface area (Å²) in [6.45, 7) is 8.00. The van der Waals surface area contributed by atoms with Gasteiger partial charge in [0.1, 0.15) is 11.9 Å². The van der Waals surface area contributed by atoms with Gasteiger partial charge in [0.2, 0.25) is 0 Å². The zero-order valence-electron chi connectivity index (χ0n) is 16.2. The molecule has 1 aromatic carbocycles. The zero-order chi connectivity index (χ0) is 18.7. The first-order valence-corrected chi connectivity index (χ1v) is 10.5. The molecule has 1 N–H and O–H groups in total. The number of carbonyl (C=O) groups is 1. The van der Waals surface area contributed by atoms with Crippen molar-refractivity contribution in [2.75, 3.05) is 0 Å². The summed E-state index contributed by atoms with van der Waals surface area (Å²) in [5, 5.41) is 10.8. The minimum Gasteiger partial charge on any atom is -0.508 e. The van der Waals surface area contributed by atoms with Gasteiger partial charge in [0.15, 0.2) is 0 Å². The third-order valence-electron chi connectivity index (χ3n) is 4.16. The molecule has 4 heteroatoms. The number of ether oxygens (including phenoxy) is 1. The number of unbranched alkanes of at least 4 members (excludes halogenated alkanes) is 4. The summed E-state index contributed by atoms with van der Waals surface area (Å²) in [5.41, 5.74) is 0.935. The predicted molar refractivity (Wildman–Crippen MR) is 107 cm³/mol. The van der Waals surface area contributed by atoms with Crippen molar-refractivity contribution in [2.45, 2.75) is 89.2 Å². The average Bonchev–Trinajstić information content (AvgIpc) is 2.53. The fourth-order valence-electron chi connectivity index (χ4n) is 3.02. The first-order valence-electron chi connectivity index (χ1n) is 9.54. The van der Waals surface area contributed by atoms with Gasteiger partial charge in [0.05, 0.1) is 0 Å². The maximum atomic E-state index is 11.5. The maximum Gasteiger partial charge on any atom is 0.302 e. The third-order valence-corrected chi connectivity index (χ3v) is 5.48. The van der Waals surface area contributed by atoms with Gasteiger partial charge >= 0.3 is 5.97 Å². The number of phenolic OH excluding ortho intramolecular Hbond substituents is 1. The molecule has 0 aromatic heterocycles. The molecular weight excluding hydrogens is 332 g/mol. The molecule has 0 heterocycles. The number of benzene rings is 1. The molecule has 0 aliphatic carbocycles. The summed E-state index contributed by atoms with van der Waals surface area (Å²) in [4.78, 5) is 11.5. The second-order valence-corrected chi connectivity index (χ2v) is 8.69. The van der Waals surface area contributed by atoms with Gasteiger partial charge in [-0.1, -0.05) is 64.7 Å². The summed E-state index contributed by atoms with van der Waals surface area (Å²) in [6.07, 6.45) is 7.56. The van der Waals surface area contributed by atoms with E-state index in [-0.39, 0.29) is 17.3 Å². The molecule has 3 nitrogen and oxygen atoms in total. The molecule has 0 amide bonds. The van der Waals surface area contributed by atoms with Gasteiger partial charge in [0, 0.05) is 24.2 Å². The van der Waals surface area contributed by atoms with Crippen LogP contribution in [0.25, 0.3) is 0 Å². The highest BCUT2D eigenvalue weighted by molar-refractivity contribution is 8.00. The lowest BCUT2D eigenvalue weighted by Gasteiger charge is -2.25. The van der Waals surface area contributed by atoms with Crippen molar-refractivity contribution >= 4 is 17.7 Å². The predicted octanol–water partition coefficient (Wildman–Crippen LogP) is 6.26. The number of hydrogen-bond acceptors (Lipinski definition) is 4. The van der Waals surface area contributed by atoms with Crippen LogP contribution in [-0.2, 0) is 9.53 Å². The molecule has 1 rings (SSSR count). The molecule has 0 saturated carbocycles. The molecule has 2 atom stereocenters. The van der Waals surface area contributed by atoms with Crippen LogP contribution < -0.4 is 0 Å². The largest absolute Gasteiger partial charge is 0.508 e. The van der Waals surface area contributed by atoms with Gasteiger partial charge in [0.25, 0.3) is 0 Å². The van der Waals surface area contributed by atoms with Crippen molar-refractivity contribution < 1.29 is 14.6 Å². The van der Waals surface area contributed by atoms with E-state index < -0.39 is 0 Å². The van der Waals surface area contributed by atoms with E-state index in [0.717, 1.165) is 24.8 Å². The Morgan fingerprint density at radius 3 is 2.44 bits per heavy atom. The molecule has 1 aromatic rings. The van der Waals surface area contributed by atoms with E-state index in [2.05, 4.69) is 20.8 Å². The Morgan fingerprint density at radius 1 is 1.16 bits per heavy atom. The summed E-state index contributed by atoms with van der Waals surface area (Å²) < 4.78 is 5.60. The number of thioether (sulfide) groups is 1. The number of rotatable bonds is 12. The molecule has 2 unspecified atom stereocenters. The van der Waals surface area contributed by atoms with Crippen LogP contribution in [0.5, 0.6) is 5.75 Å². The van der Waals surface area contributed by atoms with Crippen LogP contribution in [0, 0.1) is 0 Å². The molecule has 0 aliphatic rings. The quantitative estimate of drug-likeness (QED) is 0.350. The van der Waals surface area contributed by atoms with Gasteiger partial charge in [-0.2, -0.15) is 11.8 Å². The second kappa shape index (κ2) is 12.2. The Morgan fingerprint density at radius 2 is 1.84 bits per heavy atom. The Labute approximate surface area is 157 Å². The lowest BCUT2D eigenvalue weighted by atomic mass is 10.0. The zero-order valence-corrected chi connectivity index (χ0v) is 17.0. The Bertz CT molecular complexity index is 502. The molecule has 0 radical (unpaired) electrons. The minimum atomic E-state index is -0.218. The first kappa shape index (κ1) is 21.9. The van der Waals surface area contributed by atoms with Crippen molar-refractivity contribution in [3.63, 3.8) is 0 Å². The van der Waals surface area contributed by atoms with Gasteiger partial charge < -0.3 is 9.84 Å². The lowest BCUT2D eigenvalue weighted by Crippen LogP contribution is -2.19. The van der Waals surface area contributed by atoms with Gasteiger partial charge in [-0.25, -0.2) is 0 Å². The molecular formula is C21H34O3S. The van der Waals surface area contributed by atoms with Crippen molar-refractivity contribution in [1.82, 2.24) is 0 Å². The Balaban J connectivity index is 2.76. The molecule has 25 heavy (non-hydrogen) atoms. The number of aromatic hydroxyl groups is 1. The molecule has 0 aliphatic heterocycles. The van der Waals surface area contributed by atoms with Gasteiger partial charge in [-0.15, -0.1) is 0 Å². The number of esters is 1. The average molecular weight is 367 g/mol. The van der Waals surface area contributed by atoms with Crippen molar-refractivity contribution in [3.8, 4) is 5.75 Å². The summed E-state index contributed by atoms with van der Waals surface area (Å²) in [6, 6.07) is 7.50. The van der Waals surface area contributed by atoms with E-state index in [4.69, 9.17) is 4.74 Å². The van der Waals surface area contributed by atoms with E-state index in [1.165, 1.54) is 32.6 Å². The Hall–Kier alpha value is -1.16. The smallest absolute Gasteiger partial charge is 0.302 e. The van der Waals surface area contributed by atoms with E-state index in [0.29, 0.717) is 11.0 Å². The topological polar surface area (TPSA) is 46.5 Å². The number of phenols is 1. The van der Waals surface area contributed by atoms with E-state index in [9.17, 15) is 9.90 Å². The standard InChI is InChI=1S/C21H34O3S/c1-5-6-7-8-9-12-18(24-17(4)22)15-21(25-16(2)3)19-13-10-11-14-20(19)23/h10-11,13-14,16,18,21,23H,5-9,12,15H2,1-4H3. The lowest BCUT2D eigenvalue weighted by molar-refractivity contribution is -0.147. The van der Waals surface area contributed by atoms with Crippen molar-refractivity contribution in [1.29, 1.82) is 0 Å². The Kier molecular flexibility index (Phi) is 10.7. The number of hydrogen-bond donors (Lipinski definition) is 1. The molecule has 0 fully saturated rings. The van der Waals surface area contributed by atoms with Crippen LogP contribution in [0.2, 0.25) is 0 Å². The molecule has 0 saturated heterocycles. The molecule has 0 bridgehead atoms. The summed E-state index contributed by atoms with van der Waals surface area (Å²) in [7, 11) is 0. The summed E-state index contributed by atoms with van der Waals surface area (Å²) in [5.74, 6) is 0.106. The SMILES string of the molecule is CCCCCCCC(CC(SC(C)C)c1ccccc1O)OC(C)=O. The van der Waals surface area contributed by atoms with Crippen LogP contribution >= 0.6 is 11.8 Å². The highest BCUT2D eigenvalue weighted by atomic mass is 32.2. The fraction of sp³-hybridized carbons (Fsp3) is 0.667. The number of carbonyl (C=O) groups excluding carboxylic acids is 1. The van der Waals surface area contributed by atoms with Gasteiger partial charge in [-0.05, 0) is 24.2 Å². The number of para-hydroxylation sites is 1. The monoisotopic (exact) mass is 366 g/mol. The van der Waals surface area contributed by atoms with E-state index >= 15 is 0 Å².